The number of rotatable bonds is 7. The lowest BCUT2D eigenvalue weighted by Crippen LogP contribution is -2.21. The maximum Gasteiger partial charge on any atom is 0.306 e. The molecule has 2 aromatic rings. The van der Waals surface area contributed by atoms with Gasteiger partial charge in [-0.3, -0.25) is 14.4 Å². The SMILES string of the molecule is N#Cc1c(NC(=O)COC(=O)CCC(=O)c2cccs2)sc2c1CCC2. The maximum atomic E-state index is 12.0. The van der Waals surface area contributed by atoms with Crippen LogP contribution in [0.4, 0.5) is 5.00 Å². The number of thiophene rings is 2. The molecule has 134 valence electrons. The van der Waals surface area contributed by atoms with E-state index < -0.39 is 18.5 Å². The second-order valence-electron chi connectivity index (χ2n) is 5.78. The first-order chi connectivity index (χ1) is 12.6. The molecule has 8 heteroatoms. The largest absolute Gasteiger partial charge is 0.456 e. The van der Waals surface area contributed by atoms with Crippen LogP contribution in [0.25, 0.3) is 0 Å². The number of hydrogen-bond acceptors (Lipinski definition) is 7. The standard InChI is InChI=1S/C18H16N2O4S2/c19-9-12-11-3-1-4-14(11)26-18(12)20-16(22)10-24-17(23)7-6-13(21)15-5-2-8-25-15/h2,5,8H,1,3-4,6-7,10H2,(H,20,22). The van der Waals surface area contributed by atoms with Crippen LogP contribution in [0, 0.1) is 11.3 Å². The van der Waals surface area contributed by atoms with Gasteiger partial charge in [-0.05, 0) is 36.3 Å². The molecule has 2 heterocycles. The van der Waals surface area contributed by atoms with Gasteiger partial charge in [0.2, 0.25) is 0 Å². The Labute approximate surface area is 158 Å². The summed E-state index contributed by atoms with van der Waals surface area (Å²) < 4.78 is 4.92. The molecule has 2 aromatic heterocycles. The van der Waals surface area contributed by atoms with E-state index in [1.165, 1.54) is 22.7 Å². The molecular weight excluding hydrogens is 372 g/mol. The van der Waals surface area contributed by atoms with Gasteiger partial charge in [-0.2, -0.15) is 5.26 Å². The van der Waals surface area contributed by atoms with Crippen molar-refractivity contribution >= 4 is 45.3 Å². The summed E-state index contributed by atoms with van der Waals surface area (Å²) >= 11 is 2.73. The number of nitrogens with one attached hydrogen (secondary N) is 1. The van der Waals surface area contributed by atoms with Crippen LogP contribution in [0.3, 0.4) is 0 Å². The highest BCUT2D eigenvalue weighted by Crippen LogP contribution is 2.38. The Balaban J connectivity index is 1.45. The van der Waals surface area contributed by atoms with E-state index in [0.29, 0.717) is 15.4 Å². The highest BCUT2D eigenvalue weighted by atomic mass is 32.1. The molecule has 1 amide bonds. The zero-order valence-corrected chi connectivity index (χ0v) is 15.5. The predicted molar refractivity (Wildman–Crippen MR) is 98.5 cm³/mol. The van der Waals surface area contributed by atoms with E-state index in [2.05, 4.69) is 11.4 Å². The fourth-order valence-corrected chi connectivity index (χ4v) is 4.72. The molecule has 0 radical (unpaired) electrons. The summed E-state index contributed by atoms with van der Waals surface area (Å²) in [7, 11) is 0. The highest BCUT2D eigenvalue weighted by Gasteiger charge is 2.23. The van der Waals surface area contributed by atoms with Gasteiger partial charge >= 0.3 is 5.97 Å². The molecule has 0 saturated heterocycles. The second kappa shape index (κ2) is 8.25. The zero-order chi connectivity index (χ0) is 18.5. The van der Waals surface area contributed by atoms with Crippen molar-refractivity contribution in [2.75, 3.05) is 11.9 Å². The third-order valence-corrected chi connectivity index (χ3v) is 6.12. The van der Waals surface area contributed by atoms with Gasteiger partial charge in [0.15, 0.2) is 12.4 Å². The molecule has 0 fully saturated rings. The van der Waals surface area contributed by atoms with Gasteiger partial charge in [0.05, 0.1) is 16.9 Å². The van der Waals surface area contributed by atoms with E-state index in [0.717, 1.165) is 29.7 Å². The first kappa shape index (κ1) is 18.3. The highest BCUT2D eigenvalue weighted by molar-refractivity contribution is 7.16. The number of fused-ring (bicyclic) bond motifs is 1. The Bertz CT molecular complexity index is 878. The number of anilines is 1. The molecule has 0 unspecified atom stereocenters. The van der Waals surface area contributed by atoms with Crippen molar-refractivity contribution in [1.29, 1.82) is 5.26 Å². The molecule has 0 spiro atoms. The number of hydrogen-bond donors (Lipinski definition) is 1. The van der Waals surface area contributed by atoms with Gasteiger partial charge in [0.25, 0.3) is 5.91 Å². The number of esters is 1. The van der Waals surface area contributed by atoms with Crippen molar-refractivity contribution in [2.24, 2.45) is 0 Å². The lowest BCUT2D eigenvalue weighted by atomic mass is 10.1. The summed E-state index contributed by atoms with van der Waals surface area (Å²) in [5.74, 6) is -1.20. The van der Waals surface area contributed by atoms with Crippen LogP contribution in [0.2, 0.25) is 0 Å². The molecule has 0 saturated carbocycles. The third-order valence-electron chi connectivity index (χ3n) is 4.00. The van der Waals surface area contributed by atoms with E-state index in [1.807, 2.05) is 0 Å². The maximum absolute atomic E-state index is 12.0. The van der Waals surface area contributed by atoms with Gasteiger partial charge in [-0.1, -0.05) is 6.07 Å². The van der Waals surface area contributed by atoms with Crippen LogP contribution in [-0.2, 0) is 27.2 Å². The predicted octanol–water partition coefficient (Wildman–Crippen LogP) is 3.31. The van der Waals surface area contributed by atoms with Crippen molar-refractivity contribution in [3.63, 3.8) is 0 Å². The van der Waals surface area contributed by atoms with Crippen molar-refractivity contribution in [1.82, 2.24) is 0 Å². The number of amides is 1. The average molecular weight is 388 g/mol. The van der Waals surface area contributed by atoms with Crippen LogP contribution in [0.5, 0.6) is 0 Å². The molecule has 0 aliphatic heterocycles. The normalized spacial score (nSPS) is 12.3. The summed E-state index contributed by atoms with van der Waals surface area (Å²) in [6, 6.07) is 5.62. The molecule has 0 atom stereocenters. The third kappa shape index (κ3) is 4.18. The lowest BCUT2D eigenvalue weighted by molar-refractivity contribution is -0.147. The quantitative estimate of drug-likeness (QED) is 0.580. The van der Waals surface area contributed by atoms with E-state index in [1.54, 1.807) is 17.5 Å². The molecular formula is C18H16N2O4S2. The molecule has 0 bridgehead atoms. The minimum Gasteiger partial charge on any atom is -0.456 e. The number of ether oxygens (including phenoxy) is 1. The van der Waals surface area contributed by atoms with Crippen molar-refractivity contribution in [3.05, 3.63) is 38.4 Å². The number of carbonyl (C=O) groups excluding carboxylic acids is 3. The molecule has 1 N–H and O–H groups in total. The van der Waals surface area contributed by atoms with Crippen molar-refractivity contribution in [3.8, 4) is 6.07 Å². The van der Waals surface area contributed by atoms with Crippen LogP contribution in [0.15, 0.2) is 17.5 Å². The lowest BCUT2D eigenvalue weighted by Gasteiger charge is -2.06. The summed E-state index contributed by atoms with van der Waals surface area (Å²) in [4.78, 5) is 37.3. The van der Waals surface area contributed by atoms with E-state index in [4.69, 9.17) is 4.74 Å². The fourth-order valence-electron chi connectivity index (χ4n) is 2.77. The molecule has 0 aromatic carbocycles. The summed E-state index contributed by atoms with van der Waals surface area (Å²) in [5, 5.41) is 14.3. The molecule has 1 aliphatic carbocycles. The number of carbonyl (C=O) groups is 3. The van der Waals surface area contributed by atoms with Gasteiger partial charge in [0.1, 0.15) is 11.1 Å². The first-order valence-corrected chi connectivity index (χ1v) is 9.85. The Morgan fingerprint density at radius 1 is 1.27 bits per heavy atom. The van der Waals surface area contributed by atoms with Crippen LogP contribution in [-0.4, -0.2) is 24.3 Å². The minimum absolute atomic E-state index is 0.0528. The topological polar surface area (TPSA) is 96.3 Å². The molecule has 26 heavy (non-hydrogen) atoms. The molecule has 3 rings (SSSR count). The second-order valence-corrected chi connectivity index (χ2v) is 7.84. The molecule has 1 aliphatic rings. The molecule has 6 nitrogen and oxygen atoms in total. The fraction of sp³-hybridized carbons (Fsp3) is 0.333. The van der Waals surface area contributed by atoms with Gasteiger partial charge in [0, 0.05) is 11.3 Å². The Kier molecular flexibility index (Phi) is 5.81. The Morgan fingerprint density at radius 3 is 2.85 bits per heavy atom. The summed E-state index contributed by atoms with van der Waals surface area (Å²) in [6.07, 6.45) is 2.81. The van der Waals surface area contributed by atoms with Crippen molar-refractivity contribution in [2.45, 2.75) is 32.1 Å². The van der Waals surface area contributed by atoms with E-state index in [-0.39, 0.29) is 18.6 Å². The van der Waals surface area contributed by atoms with Gasteiger partial charge < -0.3 is 10.1 Å². The Morgan fingerprint density at radius 2 is 2.12 bits per heavy atom. The minimum atomic E-state index is -0.598. The van der Waals surface area contributed by atoms with Crippen LogP contribution >= 0.6 is 22.7 Å². The number of ketones is 1. The number of nitrogens with zero attached hydrogens (tertiary/aromatic N) is 1. The monoisotopic (exact) mass is 388 g/mol. The first-order valence-electron chi connectivity index (χ1n) is 8.15. The summed E-state index contributed by atoms with van der Waals surface area (Å²) in [5.41, 5.74) is 1.54. The zero-order valence-electron chi connectivity index (χ0n) is 13.9. The smallest absolute Gasteiger partial charge is 0.306 e. The van der Waals surface area contributed by atoms with E-state index in [9.17, 15) is 19.6 Å². The van der Waals surface area contributed by atoms with Crippen LogP contribution in [0.1, 0.15) is 44.9 Å². The van der Waals surface area contributed by atoms with Gasteiger partial charge in [-0.25, -0.2) is 0 Å². The van der Waals surface area contributed by atoms with Crippen molar-refractivity contribution < 1.29 is 19.1 Å². The van der Waals surface area contributed by atoms with Gasteiger partial charge in [-0.15, -0.1) is 22.7 Å². The van der Waals surface area contributed by atoms with E-state index >= 15 is 0 Å². The van der Waals surface area contributed by atoms with Crippen LogP contribution < -0.4 is 5.32 Å². The average Bonchev–Trinajstić information content (AvgIpc) is 3.34. The number of nitriles is 1. The number of Topliss-reactive ketones (excluding diaryl/α,β-unsaturated/α-hetero) is 1. The Hall–Kier alpha value is -2.50. The number of aryl methyl sites for hydroxylation is 1. The summed E-state index contributed by atoms with van der Waals surface area (Å²) in [6.45, 7) is -0.431.